The summed E-state index contributed by atoms with van der Waals surface area (Å²) in [5.41, 5.74) is 13.9. The first kappa shape index (κ1) is 22.1. The van der Waals surface area contributed by atoms with Gasteiger partial charge in [-0.05, 0) is 65.6 Å². The Morgan fingerprint density at radius 1 is 1.03 bits per heavy atom. The summed E-state index contributed by atoms with van der Waals surface area (Å²) in [5.74, 6) is -0.0295. The lowest BCUT2D eigenvalue weighted by molar-refractivity contribution is -0.138. The van der Waals surface area contributed by atoms with Crippen molar-refractivity contribution in [2.75, 3.05) is 0 Å². The largest absolute Gasteiger partial charge is 0.481 e. The van der Waals surface area contributed by atoms with Crippen LogP contribution in [0.5, 0.6) is 11.5 Å². The van der Waals surface area contributed by atoms with Crippen LogP contribution in [0.3, 0.4) is 0 Å². The van der Waals surface area contributed by atoms with Crippen molar-refractivity contribution in [2.45, 2.75) is 25.4 Å². The summed E-state index contributed by atoms with van der Waals surface area (Å²) >= 11 is 0. The van der Waals surface area contributed by atoms with E-state index in [-0.39, 0.29) is 12.0 Å². The Balaban J connectivity index is 1.53. The standard InChI is InChI=1S/C26H26N4O3/c1-16(27)30-11-10-23(15-30)33-22-8-6-19(7-9-22)24(26(31)32)13-17-2-3-18-4-5-20(25(28)29)14-21(18)12-17/h2-12,14-16,24H,13,27H2,1H3,(H3,28,29)(H,31,32)/p+1/t16?,24-/m0/s1. The summed E-state index contributed by atoms with van der Waals surface area (Å²) in [6.07, 6.45) is 3.88. The van der Waals surface area contributed by atoms with Gasteiger partial charge in [-0.1, -0.05) is 36.4 Å². The molecule has 7 heteroatoms. The number of amidine groups is 1. The van der Waals surface area contributed by atoms with E-state index >= 15 is 0 Å². The Hall–Kier alpha value is -4.10. The number of nitrogens with two attached hydrogens (primary N) is 3. The number of rotatable bonds is 8. The number of aromatic nitrogens is 1. The van der Waals surface area contributed by atoms with Crippen molar-refractivity contribution in [3.63, 3.8) is 0 Å². The van der Waals surface area contributed by atoms with Crippen LogP contribution in [-0.4, -0.2) is 21.5 Å². The Kier molecular flexibility index (Phi) is 6.15. The van der Waals surface area contributed by atoms with E-state index in [1.807, 2.05) is 66.3 Å². The molecule has 0 bridgehead atoms. The second-order valence-electron chi connectivity index (χ2n) is 8.15. The minimum atomic E-state index is -0.883. The van der Waals surface area contributed by atoms with E-state index in [0.717, 1.165) is 21.9 Å². The van der Waals surface area contributed by atoms with Crippen LogP contribution in [0, 0.1) is 0 Å². The first-order valence-electron chi connectivity index (χ1n) is 10.6. The fraction of sp³-hybridized carbons (Fsp3) is 0.154. The lowest BCUT2D eigenvalue weighted by Gasteiger charge is -2.14. The summed E-state index contributed by atoms with van der Waals surface area (Å²) in [6.45, 7) is 1.88. The second-order valence-corrected chi connectivity index (χ2v) is 8.15. The molecule has 4 rings (SSSR count). The monoisotopic (exact) mass is 443 g/mol. The van der Waals surface area contributed by atoms with Gasteiger partial charge in [-0.25, -0.2) is 0 Å². The Morgan fingerprint density at radius 2 is 1.76 bits per heavy atom. The SMILES string of the molecule is CC(N)n1ccc(Oc2ccc([C@H](Cc3ccc4ccc(C(N)=[NH2+])cc4c3)C(=O)O)cc2)c1. The smallest absolute Gasteiger partial charge is 0.311 e. The summed E-state index contributed by atoms with van der Waals surface area (Å²) < 4.78 is 7.70. The quantitative estimate of drug-likeness (QED) is 0.246. The van der Waals surface area contributed by atoms with Gasteiger partial charge in [-0.15, -0.1) is 0 Å². The number of aliphatic carboxylic acids is 1. The van der Waals surface area contributed by atoms with Gasteiger partial charge in [0, 0.05) is 12.4 Å². The first-order valence-corrected chi connectivity index (χ1v) is 10.6. The van der Waals surface area contributed by atoms with Crippen LogP contribution in [0.4, 0.5) is 0 Å². The highest BCUT2D eigenvalue weighted by Gasteiger charge is 2.21. The van der Waals surface area contributed by atoms with E-state index < -0.39 is 11.9 Å². The third-order valence-electron chi connectivity index (χ3n) is 5.65. The topological polar surface area (TPSA) is 129 Å². The molecule has 0 saturated carbocycles. The average Bonchev–Trinajstić information content (AvgIpc) is 3.26. The molecule has 0 aliphatic heterocycles. The molecule has 3 aromatic carbocycles. The van der Waals surface area contributed by atoms with E-state index in [0.29, 0.717) is 23.5 Å². The zero-order valence-electron chi connectivity index (χ0n) is 18.3. The van der Waals surface area contributed by atoms with Crippen LogP contribution in [0.25, 0.3) is 10.8 Å². The molecule has 0 aliphatic rings. The van der Waals surface area contributed by atoms with E-state index in [1.165, 1.54) is 0 Å². The third-order valence-corrected chi connectivity index (χ3v) is 5.65. The minimum Gasteiger partial charge on any atom is -0.481 e. The average molecular weight is 444 g/mol. The molecule has 7 N–H and O–H groups in total. The molecule has 1 heterocycles. The number of hydrogen-bond donors (Lipinski definition) is 4. The summed E-state index contributed by atoms with van der Waals surface area (Å²) in [7, 11) is 0. The maximum absolute atomic E-state index is 12.1. The molecule has 33 heavy (non-hydrogen) atoms. The molecule has 2 atom stereocenters. The van der Waals surface area contributed by atoms with Crippen molar-refractivity contribution in [1.29, 1.82) is 0 Å². The Bertz CT molecular complexity index is 1310. The summed E-state index contributed by atoms with van der Waals surface area (Å²) in [6, 6.07) is 20.6. The Labute approximate surface area is 191 Å². The van der Waals surface area contributed by atoms with Gasteiger partial charge in [-0.3, -0.25) is 15.9 Å². The highest BCUT2D eigenvalue weighted by molar-refractivity contribution is 5.97. The molecular weight excluding hydrogens is 416 g/mol. The van der Waals surface area contributed by atoms with Gasteiger partial charge >= 0.3 is 5.97 Å². The van der Waals surface area contributed by atoms with E-state index in [9.17, 15) is 9.90 Å². The number of hydrogen-bond acceptors (Lipinski definition) is 3. The fourth-order valence-electron chi connectivity index (χ4n) is 3.80. The molecule has 1 unspecified atom stereocenters. The van der Waals surface area contributed by atoms with E-state index in [2.05, 4.69) is 0 Å². The molecule has 168 valence electrons. The minimum absolute atomic E-state index is 0.145. The third kappa shape index (κ3) is 5.05. The number of carbonyl (C=O) groups is 1. The molecule has 4 aromatic rings. The molecule has 0 spiro atoms. The van der Waals surface area contributed by atoms with Gasteiger partial charge < -0.3 is 20.1 Å². The molecule has 0 saturated heterocycles. The number of carboxylic acid groups (broad SMARTS) is 1. The summed E-state index contributed by atoms with van der Waals surface area (Å²) in [5, 5.41) is 17.6. The number of fused-ring (bicyclic) bond motifs is 1. The predicted octanol–water partition coefficient (Wildman–Crippen LogP) is 2.79. The molecule has 0 fully saturated rings. The van der Waals surface area contributed by atoms with E-state index in [4.69, 9.17) is 21.6 Å². The van der Waals surface area contributed by atoms with Gasteiger partial charge in [0.15, 0.2) is 0 Å². The van der Waals surface area contributed by atoms with Crippen molar-refractivity contribution in [3.8, 4) is 11.5 Å². The second kappa shape index (κ2) is 9.18. The molecular formula is C26H27N4O3+. The highest BCUT2D eigenvalue weighted by atomic mass is 16.5. The lowest BCUT2D eigenvalue weighted by atomic mass is 9.91. The molecule has 7 nitrogen and oxygen atoms in total. The van der Waals surface area contributed by atoms with Gasteiger partial charge in [-0.2, -0.15) is 0 Å². The predicted molar refractivity (Wildman–Crippen MR) is 128 cm³/mol. The summed E-state index contributed by atoms with van der Waals surface area (Å²) in [4.78, 5) is 12.1. The van der Waals surface area contributed by atoms with Gasteiger partial charge in [0.1, 0.15) is 11.5 Å². The molecule has 0 amide bonds. The normalized spacial score (nSPS) is 12.9. The van der Waals surface area contributed by atoms with Crippen LogP contribution in [0.2, 0.25) is 0 Å². The van der Waals surface area contributed by atoms with Crippen LogP contribution in [0.1, 0.15) is 35.7 Å². The van der Waals surface area contributed by atoms with E-state index in [1.54, 1.807) is 24.3 Å². The molecule has 0 aliphatic carbocycles. The maximum Gasteiger partial charge on any atom is 0.311 e. The van der Waals surface area contributed by atoms with Crippen molar-refractivity contribution in [2.24, 2.45) is 11.5 Å². The maximum atomic E-state index is 12.1. The number of nitrogens with zero attached hydrogens (tertiary/aromatic N) is 1. The van der Waals surface area contributed by atoms with Gasteiger partial charge in [0.05, 0.1) is 17.6 Å². The fourth-order valence-corrected chi connectivity index (χ4v) is 3.80. The Morgan fingerprint density at radius 3 is 2.39 bits per heavy atom. The first-order chi connectivity index (χ1) is 15.8. The number of carboxylic acids is 1. The van der Waals surface area contributed by atoms with Crippen LogP contribution < -0.4 is 21.6 Å². The van der Waals surface area contributed by atoms with Crippen LogP contribution in [0.15, 0.2) is 79.1 Å². The number of benzene rings is 3. The zero-order chi connectivity index (χ0) is 23.5. The van der Waals surface area contributed by atoms with Crippen molar-refractivity contribution >= 4 is 22.6 Å². The number of ether oxygens (including phenoxy) is 1. The van der Waals surface area contributed by atoms with Gasteiger partial charge in [0.25, 0.3) is 5.84 Å². The van der Waals surface area contributed by atoms with Crippen LogP contribution in [-0.2, 0) is 11.2 Å². The van der Waals surface area contributed by atoms with Crippen LogP contribution >= 0.6 is 0 Å². The molecule has 1 aromatic heterocycles. The molecule has 0 radical (unpaired) electrons. The van der Waals surface area contributed by atoms with Gasteiger partial charge in [0.2, 0.25) is 0 Å². The lowest BCUT2D eigenvalue weighted by Crippen LogP contribution is -2.46. The van der Waals surface area contributed by atoms with Crippen molar-refractivity contribution in [3.05, 3.63) is 95.8 Å². The van der Waals surface area contributed by atoms with Crippen molar-refractivity contribution < 1.29 is 20.0 Å². The zero-order valence-corrected chi connectivity index (χ0v) is 18.3. The van der Waals surface area contributed by atoms with Crippen molar-refractivity contribution in [1.82, 2.24) is 4.57 Å². The highest BCUT2D eigenvalue weighted by Crippen LogP contribution is 2.28.